The van der Waals surface area contributed by atoms with Crippen LogP contribution in [0.4, 0.5) is 0 Å². The topological polar surface area (TPSA) is 15.7 Å². The minimum absolute atomic E-state index is 0.279. The van der Waals surface area contributed by atoms with Gasteiger partial charge in [-0.05, 0) is 66.5 Å². The molecular formula is C17H34N2O. The van der Waals surface area contributed by atoms with Crippen molar-refractivity contribution in [3.8, 4) is 0 Å². The first-order valence-electron chi connectivity index (χ1n) is 8.51. The molecular weight excluding hydrogens is 248 g/mol. The maximum Gasteiger partial charge on any atom is 0.0608 e. The summed E-state index contributed by atoms with van der Waals surface area (Å²) in [5, 5.41) is 0. The Balaban J connectivity index is 1.64. The summed E-state index contributed by atoms with van der Waals surface area (Å²) < 4.78 is 6.29. The van der Waals surface area contributed by atoms with Crippen molar-refractivity contribution in [3.05, 3.63) is 0 Å². The van der Waals surface area contributed by atoms with Gasteiger partial charge >= 0.3 is 0 Å². The summed E-state index contributed by atoms with van der Waals surface area (Å²) in [4.78, 5) is 5.09. The van der Waals surface area contributed by atoms with E-state index in [0.29, 0.717) is 12.2 Å². The van der Waals surface area contributed by atoms with Crippen LogP contribution in [0.25, 0.3) is 0 Å². The Labute approximate surface area is 125 Å². The predicted molar refractivity (Wildman–Crippen MR) is 85.2 cm³/mol. The highest BCUT2D eigenvalue weighted by molar-refractivity contribution is 4.92. The van der Waals surface area contributed by atoms with E-state index < -0.39 is 0 Å². The van der Waals surface area contributed by atoms with Gasteiger partial charge in [-0.25, -0.2) is 0 Å². The first-order valence-corrected chi connectivity index (χ1v) is 8.51. The van der Waals surface area contributed by atoms with Crippen molar-refractivity contribution < 1.29 is 4.74 Å². The second kappa shape index (κ2) is 6.76. The smallest absolute Gasteiger partial charge is 0.0608 e. The van der Waals surface area contributed by atoms with E-state index in [2.05, 4.69) is 44.5 Å². The van der Waals surface area contributed by atoms with Crippen LogP contribution in [0.2, 0.25) is 0 Å². The van der Waals surface area contributed by atoms with Crippen molar-refractivity contribution in [1.29, 1.82) is 0 Å². The number of hydrogen-bond acceptors (Lipinski definition) is 3. The highest BCUT2D eigenvalue weighted by Gasteiger charge is 2.38. The predicted octanol–water partition coefficient (Wildman–Crippen LogP) is 3.14. The third-order valence-electron chi connectivity index (χ3n) is 5.14. The zero-order chi connectivity index (χ0) is 14.8. The van der Waals surface area contributed by atoms with Gasteiger partial charge in [0.25, 0.3) is 0 Å². The van der Waals surface area contributed by atoms with Crippen molar-refractivity contribution in [2.75, 3.05) is 26.7 Å². The summed E-state index contributed by atoms with van der Waals surface area (Å²) in [6.07, 6.45) is 7.23. The lowest BCUT2D eigenvalue weighted by atomic mass is 9.85. The van der Waals surface area contributed by atoms with Crippen LogP contribution in [0.15, 0.2) is 0 Å². The maximum absolute atomic E-state index is 6.29. The van der Waals surface area contributed by atoms with Crippen LogP contribution in [0, 0.1) is 0 Å². The number of ether oxygens (including phenoxy) is 1. The fourth-order valence-electron chi connectivity index (χ4n) is 3.37. The number of rotatable bonds is 5. The van der Waals surface area contributed by atoms with Crippen molar-refractivity contribution in [3.63, 3.8) is 0 Å². The van der Waals surface area contributed by atoms with Gasteiger partial charge in [-0.15, -0.1) is 0 Å². The lowest BCUT2D eigenvalue weighted by Crippen LogP contribution is -2.54. The maximum atomic E-state index is 6.29. The monoisotopic (exact) mass is 282 g/mol. The Bertz CT molecular complexity index is 286. The second-order valence-electron chi connectivity index (χ2n) is 7.71. The van der Waals surface area contributed by atoms with Crippen LogP contribution in [0.3, 0.4) is 0 Å². The van der Waals surface area contributed by atoms with Gasteiger partial charge in [0.2, 0.25) is 0 Å². The van der Waals surface area contributed by atoms with Crippen LogP contribution in [-0.2, 0) is 4.74 Å². The first-order chi connectivity index (χ1) is 9.40. The molecule has 3 heteroatoms. The largest absolute Gasteiger partial charge is 0.375 e. The Kier molecular flexibility index (Phi) is 5.49. The molecule has 2 aliphatic rings. The molecule has 1 heterocycles. The van der Waals surface area contributed by atoms with Gasteiger partial charge in [-0.3, -0.25) is 4.90 Å². The van der Waals surface area contributed by atoms with E-state index in [1.807, 2.05) is 0 Å². The summed E-state index contributed by atoms with van der Waals surface area (Å²) in [5.74, 6) is 0. The van der Waals surface area contributed by atoms with E-state index in [0.717, 1.165) is 6.04 Å². The number of piperidine rings is 1. The number of hydrogen-bond donors (Lipinski definition) is 0. The standard InChI is InChI=1S/C17H34N2O/c1-6-9-19-10-7-15(8-11-19)20-16-12-14(13-16)18(5)17(2,3)4/h14-16H,6-13H2,1-5H3. The van der Waals surface area contributed by atoms with Gasteiger partial charge in [0.05, 0.1) is 12.2 Å². The average molecular weight is 282 g/mol. The van der Waals surface area contributed by atoms with Gasteiger partial charge in [0.15, 0.2) is 0 Å². The molecule has 2 fully saturated rings. The highest BCUT2D eigenvalue weighted by Crippen LogP contribution is 2.33. The fourth-order valence-corrected chi connectivity index (χ4v) is 3.37. The minimum atomic E-state index is 0.279. The van der Waals surface area contributed by atoms with Gasteiger partial charge in [-0.2, -0.15) is 0 Å². The molecule has 0 aromatic heterocycles. The molecule has 1 saturated heterocycles. The molecule has 0 unspecified atom stereocenters. The third-order valence-corrected chi connectivity index (χ3v) is 5.14. The van der Waals surface area contributed by atoms with Crippen molar-refractivity contribution in [2.45, 2.75) is 83.6 Å². The lowest BCUT2D eigenvalue weighted by Gasteiger charge is -2.48. The van der Waals surface area contributed by atoms with Gasteiger partial charge in [0.1, 0.15) is 0 Å². The van der Waals surface area contributed by atoms with E-state index in [4.69, 9.17) is 4.74 Å². The lowest BCUT2D eigenvalue weighted by molar-refractivity contribution is -0.110. The Morgan fingerprint density at radius 2 is 1.70 bits per heavy atom. The van der Waals surface area contributed by atoms with Crippen molar-refractivity contribution in [1.82, 2.24) is 9.80 Å². The van der Waals surface area contributed by atoms with E-state index >= 15 is 0 Å². The molecule has 118 valence electrons. The summed E-state index contributed by atoms with van der Waals surface area (Å²) >= 11 is 0. The SMILES string of the molecule is CCCN1CCC(OC2CC(N(C)C(C)(C)C)C2)CC1. The Morgan fingerprint density at radius 3 is 2.20 bits per heavy atom. The molecule has 0 aromatic rings. The third kappa shape index (κ3) is 4.19. The van der Waals surface area contributed by atoms with E-state index in [9.17, 15) is 0 Å². The van der Waals surface area contributed by atoms with Crippen molar-refractivity contribution in [2.24, 2.45) is 0 Å². The zero-order valence-electron chi connectivity index (χ0n) is 14.2. The molecule has 0 spiro atoms. The van der Waals surface area contributed by atoms with Gasteiger partial charge in [-0.1, -0.05) is 6.92 Å². The van der Waals surface area contributed by atoms with Crippen LogP contribution < -0.4 is 0 Å². The van der Waals surface area contributed by atoms with E-state index in [1.54, 1.807) is 0 Å². The van der Waals surface area contributed by atoms with E-state index in [-0.39, 0.29) is 5.54 Å². The molecule has 1 aliphatic carbocycles. The van der Waals surface area contributed by atoms with Crippen LogP contribution in [0.5, 0.6) is 0 Å². The molecule has 0 atom stereocenters. The molecule has 1 aliphatic heterocycles. The van der Waals surface area contributed by atoms with Crippen LogP contribution >= 0.6 is 0 Å². The summed E-state index contributed by atoms with van der Waals surface area (Å²) in [6.45, 7) is 12.9. The molecule has 1 saturated carbocycles. The molecule has 0 bridgehead atoms. The van der Waals surface area contributed by atoms with Crippen molar-refractivity contribution >= 4 is 0 Å². The number of nitrogens with zero attached hydrogens (tertiary/aromatic N) is 2. The second-order valence-corrected chi connectivity index (χ2v) is 7.71. The molecule has 20 heavy (non-hydrogen) atoms. The summed E-state index contributed by atoms with van der Waals surface area (Å²) in [7, 11) is 2.25. The molecule has 0 amide bonds. The first kappa shape index (κ1) is 16.3. The average Bonchev–Trinajstić information content (AvgIpc) is 2.34. The Morgan fingerprint density at radius 1 is 1.10 bits per heavy atom. The van der Waals surface area contributed by atoms with Gasteiger partial charge in [0, 0.05) is 24.7 Å². The quantitative estimate of drug-likeness (QED) is 0.770. The van der Waals surface area contributed by atoms with Crippen LogP contribution in [0.1, 0.15) is 59.8 Å². The van der Waals surface area contributed by atoms with E-state index in [1.165, 1.54) is 51.7 Å². The van der Waals surface area contributed by atoms with Gasteiger partial charge < -0.3 is 9.64 Å². The minimum Gasteiger partial charge on any atom is -0.375 e. The Hall–Kier alpha value is -0.120. The fraction of sp³-hybridized carbons (Fsp3) is 1.00. The number of likely N-dealkylation sites (tertiary alicyclic amines) is 1. The molecule has 3 nitrogen and oxygen atoms in total. The normalized spacial score (nSPS) is 29.7. The van der Waals surface area contributed by atoms with Crippen LogP contribution in [-0.4, -0.2) is 60.3 Å². The summed E-state index contributed by atoms with van der Waals surface area (Å²) in [5.41, 5.74) is 0.279. The highest BCUT2D eigenvalue weighted by atomic mass is 16.5. The molecule has 0 aromatic carbocycles. The molecule has 0 radical (unpaired) electrons. The molecule has 2 rings (SSSR count). The molecule has 0 N–H and O–H groups in total. The summed E-state index contributed by atoms with van der Waals surface area (Å²) in [6, 6.07) is 0.722. The zero-order valence-corrected chi connectivity index (χ0v) is 14.2.